The fourth-order valence-electron chi connectivity index (χ4n) is 1.49. The van der Waals surface area contributed by atoms with Gasteiger partial charge in [-0.3, -0.25) is 0 Å². The van der Waals surface area contributed by atoms with Crippen molar-refractivity contribution in [2.75, 3.05) is 11.1 Å². The molecule has 0 saturated heterocycles. The number of nitrogen functional groups attached to an aromatic ring is 1. The first-order chi connectivity index (χ1) is 7.66. The van der Waals surface area contributed by atoms with Gasteiger partial charge in [-0.05, 0) is 37.3 Å². The molecule has 2 aromatic rings. The molecule has 84 valence electrons. The number of halogens is 1. The molecule has 0 radical (unpaired) electrons. The third-order valence-electron chi connectivity index (χ3n) is 2.34. The zero-order valence-corrected chi connectivity index (χ0v) is 9.66. The van der Waals surface area contributed by atoms with Gasteiger partial charge in [0.25, 0.3) is 0 Å². The van der Waals surface area contributed by atoms with Crippen LogP contribution in [0, 0.1) is 0 Å². The van der Waals surface area contributed by atoms with Gasteiger partial charge in [-0.15, -0.1) is 0 Å². The molecule has 1 heterocycles. The summed E-state index contributed by atoms with van der Waals surface area (Å²) in [6.45, 7) is 2.01. The second kappa shape index (κ2) is 4.49. The highest BCUT2D eigenvalue weighted by Crippen LogP contribution is 2.27. The van der Waals surface area contributed by atoms with Gasteiger partial charge in [0.1, 0.15) is 5.76 Å². The number of anilines is 2. The molecule has 0 fully saturated rings. The normalized spacial score (nSPS) is 12.4. The summed E-state index contributed by atoms with van der Waals surface area (Å²) in [7, 11) is 0. The Morgan fingerprint density at radius 1 is 1.38 bits per heavy atom. The van der Waals surface area contributed by atoms with E-state index in [0.29, 0.717) is 10.7 Å². The lowest BCUT2D eigenvalue weighted by molar-refractivity contribution is 0.490. The molecule has 1 atom stereocenters. The number of hydrogen-bond donors (Lipinski definition) is 2. The molecule has 3 nitrogen and oxygen atoms in total. The Labute approximate surface area is 99.2 Å². The van der Waals surface area contributed by atoms with Gasteiger partial charge in [0, 0.05) is 5.69 Å². The van der Waals surface area contributed by atoms with Gasteiger partial charge in [0.15, 0.2) is 0 Å². The van der Waals surface area contributed by atoms with E-state index in [0.717, 1.165) is 11.4 Å². The average Bonchev–Trinajstić information content (AvgIpc) is 2.75. The van der Waals surface area contributed by atoms with Gasteiger partial charge in [-0.2, -0.15) is 0 Å². The second-order valence-electron chi connectivity index (χ2n) is 3.62. The third kappa shape index (κ3) is 2.31. The topological polar surface area (TPSA) is 51.2 Å². The van der Waals surface area contributed by atoms with Crippen molar-refractivity contribution in [2.24, 2.45) is 0 Å². The Hall–Kier alpha value is -1.61. The maximum Gasteiger partial charge on any atom is 0.125 e. The van der Waals surface area contributed by atoms with E-state index in [1.54, 1.807) is 12.3 Å². The van der Waals surface area contributed by atoms with Crippen molar-refractivity contribution < 1.29 is 4.42 Å². The summed E-state index contributed by atoms with van der Waals surface area (Å²) >= 11 is 6.06. The summed E-state index contributed by atoms with van der Waals surface area (Å²) in [5, 5.41) is 3.87. The molecule has 0 aliphatic carbocycles. The second-order valence-corrected chi connectivity index (χ2v) is 4.03. The number of hydrogen-bond acceptors (Lipinski definition) is 3. The van der Waals surface area contributed by atoms with E-state index >= 15 is 0 Å². The summed E-state index contributed by atoms with van der Waals surface area (Å²) in [6, 6.07) is 9.23. The quantitative estimate of drug-likeness (QED) is 0.800. The Bertz CT molecular complexity index is 468. The molecular weight excluding hydrogens is 224 g/mol. The van der Waals surface area contributed by atoms with Gasteiger partial charge in [0.05, 0.1) is 23.0 Å². The standard InChI is InChI=1S/C12H13ClN2O/c1-8(12-3-2-6-16-12)15-11-5-4-9(14)7-10(11)13/h2-8,15H,14H2,1H3. The molecule has 1 unspecified atom stereocenters. The lowest BCUT2D eigenvalue weighted by atomic mass is 10.2. The summed E-state index contributed by atoms with van der Waals surface area (Å²) < 4.78 is 5.30. The van der Waals surface area contributed by atoms with E-state index in [1.165, 1.54) is 0 Å². The van der Waals surface area contributed by atoms with Crippen LogP contribution in [0.4, 0.5) is 11.4 Å². The Morgan fingerprint density at radius 3 is 2.81 bits per heavy atom. The van der Waals surface area contributed by atoms with Crippen molar-refractivity contribution >= 4 is 23.0 Å². The molecule has 16 heavy (non-hydrogen) atoms. The Balaban J connectivity index is 2.15. The fourth-order valence-corrected chi connectivity index (χ4v) is 1.73. The van der Waals surface area contributed by atoms with E-state index in [9.17, 15) is 0 Å². The van der Waals surface area contributed by atoms with E-state index in [1.807, 2.05) is 31.2 Å². The Kier molecular flexibility index (Phi) is 3.06. The molecule has 2 rings (SSSR count). The highest BCUT2D eigenvalue weighted by Gasteiger charge is 2.09. The number of benzene rings is 1. The minimum atomic E-state index is 0.0659. The SMILES string of the molecule is CC(Nc1ccc(N)cc1Cl)c1ccco1. The van der Waals surface area contributed by atoms with Crippen LogP contribution in [-0.2, 0) is 0 Å². The van der Waals surface area contributed by atoms with Crippen LogP contribution in [0.2, 0.25) is 5.02 Å². The molecule has 0 saturated carbocycles. The predicted molar refractivity (Wildman–Crippen MR) is 66.6 cm³/mol. The maximum absolute atomic E-state index is 6.06. The van der Waals surface area contributed by atoms with Crippen LogP contribution >= 0.6 is 11.6 Å². The highest BCUT2D eigenvalue weighted by atomic mass is 35.5. The van der Waals surface area contributed by atoms with Crippen molar-refractivity contribution in [1.29, 1.82) is 0 Å². The van der Waals surface area contributed by atoms with E-state index in [4.69, 9.17) is 21.8 Å². The molecule has 0 aliphatic rings. The lowest BCUT2D eigenvalue weighted by Gasteiger charge is -2.14. The van der Waals surface area contributed by atoms with E-state index in [2.05, 4.69) is 5.32 Å². The molecule has 0 bridgehead atoms. The largest absolute Gasteiger partial charge is 0.467 e. The van der Waals surface area contributed by atoms with Gasteiger partial charge in [0.2, 0.25) is 0 Å². The monoisotopic (exact) mass is 236 g/mol. The predicted octanol–water partition coefficient (Wildman–Crippen LogP) is 3.69. The van der Waals surface area contributed by atoms with Crippen molar-refractivity contribution in [3.05, 3.63) is 47.4 Å². The number of nitrogens with two attached hydrogens (primary N) is 1. The lowest BCUT2D eigenvalue weighted by Crippen LogP contribution is -2.06. The smallest absolute Gasteiger partial charge is 0.125 e. The first kappa shape index (κ1) is 10.9. The third-order valence-corrected chi connectivity index (χ3v) is 2.65. The molecule has 0 aliphatic heterocycles. The van der Waals surface area contributed by atoms with Crippen LogP contribution in [-0.4, -0.2) is 0 Å². The van der Waals surface area contributed by atoms with Crippen LogP contribution < -0.4 is 11.1 Å². The maximum atomic E-state index is 6.06. The summed E-state index contributed by atoms with van der Waals surface area (Å²) in [5.41, 5.74) is 7.12. The number of furan rings is 1. The van der Waals surface area contributed by atoms with E-state index < -0.39 is 0 Å². The fraction of sp³-hybridized carbons (Fsp3) is 0.167. The van der Waals surface area contributed by atoms with Crippen molar-refractivity contribution in [2.45, 2.75) is 13.0 Å². The number of nitrogens with one attached hydrogen (secondary N) is 1. The molecule has 0 amide bonds. The van der Waals surface area contributed by atoms with Gasteiger partial charge in [-0.1, -0.05) is 11.6 Å². The zero-order valence-electron chi connectivity index (χ0n) is 8.91. The van der Waals surface area contributed by atoms with Crippen LogP contribution in [0.1, 0.15) is 18.7 Å². The van der Waals surface area contributed by atoms with Crippen LogP contribution in [0.25, 0.3) is 0 Å². The molecular formula is C12H13ClN2O. The Morgan fingerprint density at radius 2 is 2.19 bits per heavy atom. The minimum Gasteiger partial charge on any atom is -0.467 e. The summed E-state index contributed by atoms with van der Waals surface area (Å²) in [4.78, 5) is 0. The van der Waals surface area contributed by atoms with Crippen LogP contribution in [0.3, 0.4) is 0 Å². The van der Waals surface area contributed by atoms with Gasteiger partial charge in [-0.25, -0.2) is 0 Å². The van der Waals surface area contributed by atoms with Crippen LogP contribution in [0.15, 0.2) is 41.0 Å². The minimum absolute atomic E-state index is 0.0659. The first-order valence-corrected chi connectivity index (χ1v) is 5.39. The van der Waals surface area contributed by atoms with Crippen molar-refractivity contribution in [3.8, 4) is 0 Å². The molecule has 3 N–H and O–H groups in total. The summed E-state index contributed by atoms with van der Waals surface area (Å²) in [5.74, 6) is 0.868. The van der Waals surface area contributed by atoms with Crippen molar-refractivity contribution in [1.82, 2.24) is 0 Å². The first-order valence-electron chi connectivity index (χ1n) is 5.02. The summed E-state index contributed by atoms with van der Waals surface area (Å²) in [6.07, 6.45) is 1.65. The van der Waals surface area contributed by atoms with Crippen molar-refractivity contribution in [3.63, 3.8) is 0 Å². The molecule has 4 heteroatoms. The van der Waals surface area contributed by atoms with Gasteiger partial charge < -0.3 is 15.5 Å². The molecule has 1 aromatic heterocycles. The highest BCUT2D eigenvalue weighted by molar-refractivity contribution is 6.33. The zero-order chi connectivity index (χ0) is 11.5. The molecule has 1 aromatic carbocycles. The number of rotatable bonds is 3. The van der Waals surface area contributed by atoms with E-state index in [-0.39, 0.29) is 6.04 Å². The van der Waals surface area contributed by atoms with Gasteiger partial charge >= 0.3 is 0 Å². The molecule has 0 spiro atoms. The average molecular weight is 237 g/mol. The van der Waals surface area contributed by atoms with Crippen LogP contribution in [0.5, 0.6) is 0 Å².